The lowest BCUT2D eigenvalue weighted by Crippen LogP contribution is -1.82. The minimum absolute atomic E-state index is 0.507. The summed E-state index contributed by atoms with van der Waals surface area (Å²) >= 11 is 13.2. The molecule has 2 aromatic carbocycles. The predicted molar refractivity (Wildman–Crippen MR) is 79.0 cm³/mol. The molecule has 0 fully saturated rings. The van der Waals surface area contributed by atoms with Crippen molar-refractivity contribution in [3.05, 3.63) is 46.4 Å². The maximum atomic E-state index is 5.97. The van der Waals surface area contributed by atoms with Crippen LogP contribution in [0.3, 0.4) is 0 Å². The number of hydrogen-bond acceptors (Lipinski definition) is 4. The van der Waals surface area contributed by atoms with E-state index in [1.54, 1.807) is 30.3 Å². The van der Waals surface area contributed by atoms with E-state index in [4.69, 9.17) is 33.4 Å². The van der Waals surface area contributed by atoms with Crippen LogP contribution in [0.25, 0.3) is 11.1 Å². The van der Waals surface area contributed by atoms with Crippen LogP contribution in [0.4, 0.5) is 5.69 Å². The minimum Gasteiger partial charge on any atom is -0.431 e. The van der Waals surface area contributed by atoms with Gasteiger partial charge in [0, 0.05) is 10.6 Å². The van der Waals surface area contributed by atoms with Crippen LogP contribution in [-0.2, 0) is 0 Å². The van der Waals surface area contributed by atoms with E-state index in [9.17, 15) is 0 Å². The highest BCUT2D eigenvalue weighted by Crippen LogP contribution is 2.33. The third-order valence-corrected chi connectivity index (χ3v) is 4.07. The molecule has 3 nitrogen and oxygen atoms in total. The third kappa shape index (κ3) is 2.66. The van der Waals surface area contributed by atoms with Crippen molar-refractivity contribution in [2.24, 2.45) is 0 Å². The molecule has 0 aliphatic carbocycles. The Balaban J connectivity index is 1.94. The second-order valence-corrected chi connectivity index (χ2v) is 5.72. The summed E-state index contributed by atoms with van der Waals surface area (Å²) in [4.78, 5) is 5.27. The molecular weight excluding hydrogens is 303 g/mol. The molecule has 0 amide bonds. The quantitative estimate of drug-likeness (QED) is 0.686. The first-order chi connectivity index (χ1) is 9.11. The number of aromatic nitrogens is 1. The maximum absolute atomic E-state index is 5.97. The summed E-state index contributed by atoms with van der Waals surface area (Å²) in [5.74, 6) is 0. The first kappa shape index (κ1) is 12.7. The lowest BCUT2D eigenvalue weighted by atomic mass is 10.3. The number of nitrogens with zero attached hydrogens (tertiary/aromatic N) is 1. The van der Waals surface area contributed by atoms with Crippen LogP contribution in [0.2, 0.25) is 10.0 Å². The van der Waals surface area contributed by atoms with Gasteiger partial charge in [0.25, 0.3) is 5.22 Å². The van der Waals surface area contributed by atoms with Crippen LogP contribution in [0.1, 0.15) is 0 Å². The van der Waals surface area contributed by atoms with Gasteiger partial charge in [-0.15, -0.1) is 0 Å². The maximum Gasteiger partial charge on any atom is 0.261 e. The Labute approximate surface area is 123 Å². The molecule has 3 aromatic rings. The summed E-state index contributed by atoms with van der Waals surface area (Å²) in [6.45, 7) is 0. The summed E-state index contributed by atoms with van der Waals surface area (Å²) < 4.78 is 5.62. The smallest absolute Gasteiger partial charge is 0.261 e. The van der Waals surface area contributed by atoms with Crippen LogP contribution >= 0.6 is 35.0 Å². The first-order valence-electron chi connectivity index (χ1n) is 5.41. The molecule has 1 heterocycles. The Hall–Kier alpha value is -1.36. The van der Waals surface area contributed by atoms with Gasteiger partial charge in [-0.05, 0) is 48.2 Å². The van der Waals surface area contributed by atoms with E-state index in [0.29, 0.717) is 26.5 Å². The Morgan fingerprint density at radius 3 is 2.68 bits per heavy atom. The Morgan fingerprint density at radius 2 is 1.89 bits per heavy atom. The van der Waals surface area contributed by atoms with Crippen molar-refractivity contribution >= 4 is 51.8 Å². The molecule has 6 heteroatoms. The number of nitrogen functional groups attached to an aromatic ring is 1. The van der Waals surface area contributed by atoms with E-state index in [-0.39, 0.29) is 0 Å². The number of benzene rings is 2. The van der Waals surface area contributed by atoms with Crippen LogP contribution in [0.5, 0.6) is 0 Å². The number of hydrogen-bond donors (Lipinski definition) is 1. The molecule has 0 radical (unpaired) electrons. The van der Waals surface area contributed by atoms with Crippen molar-refractivity contribution in [1.29, 1.82) is 0 Å². The average molecular weight is 311 g/mol. The van der Waals surface area contributed by atoms with Crippen molar-refractivity contribution in [1.82, 2.24) is 4.98 Å². The number of fused-ring (bicyclic) bond motifs is 1. The number of nitrogens with two attached hydrogens (primary N) is 1. The molecule has 96 valence electrons. The molecule has 0 unspecified atom stereocenters. The van der Waals surface area contributed by atoms with Crippen molar-refractivity contribution in [3.8, 4) is 0 Å². The van der Waals surface area contributed by atoms with Crippen molar-refractivity contribution < 1.29 is 4.42 Å². The van der Waals surface area contributed by atoms with E-state index in [1.165, 1.54) is 11.8 Å². The highest BCUT2D eigenvalue weighted by Gasteiger charge is 2.09. The fourth-order valence-corrected chi connectivity index (χ4v) is 2.76. The summed E-state index contributed by atoms with van der Waals surface area (Å²) in [5, 5.41) is 1.57. The largest absolute Gasteiger partial charge is 0.431 e. The van der Waals surface area contributed by atoms with Gasteiger partial charge in [0.2, 0.25) is 0 Å². The molecule has 0 atom stereocenters. The lowest BCUT2D eigenvalue weighted by molar-refractivity contribution is 0.489. The van der Waals surface area contributed by atoms with E-state index in [0.717, 1.165) is 10.4 Å². The molecule has 0 saturated carbocycles. The van der Waals surface area contributed by atoms with E-state index in [1.807, 2.05) is 6.07 Å². The molecule has 3 rings (SSSR count). The van der Waals surface area contributed by atoms with Gasteiger partial charge >= 0.3 is 0 Å². The van der Waals surface area contributed by atoms with Gasteiger partial charge in [0.15, 0.2) is 5.58 Å². The van der Waals surface area contributed by atoms with Crippen molar-refractivity contribution in [2.75, 3.05) is 5.73 Å². The molecule has 0 bridgehead atoms. The first-order valence-corrected chi connectivity index (χ1v) is 6.98. The van der Waals surface area contributed by atoms with Gasteiger partial charge in [0.1, 0.15) is 5.52 Å². The number of rotatable bonds is 2. The Bertz CT molecular complexity index is 757. The normalized spacial score (nSPS) is 11.1. The minimum atomic E-state index is 0.507. The number of halogens is 2. The van der Waals surface area contributed by atoms with E-state index >= 15 is 0 Å². The summed E-state index contributed by atoms with van der Waals surface area (Å²) in [5.41, 5.74) is 7.80. The average Bonchev–Trinajstić information content (AvgIpc) is 2.75. The molecule has 0 saturated heterocycles. The topological polar surface area (TPSA) is 52.0 Å². The van der Waals surface area contributed by atoms with Crippen LogP contribution in [-0.4, -0.2) is 4.98 Å². The zero-order chi connectivity index (χ0) is 13.4. The van der Waals surface area contributed by atoms with Crippen LogP contribution < -0.4 is 5.73 Å². The van der Waals surface area contributed by atoms with Crippen LogP contribution in [0, 0.1) is 0 Å². The van der Waals surface area contributed by atoms with E-state index in [2.05, 4.69) is 4.98 Å². The van der Waals surface area contributed by atoms with Gasteiger partial charge in [-0.1, -0.05) is 23.2 Å². The van der Waals surface area contributed by atoms with Gasteiger partial charge in [0.05, 0.1) is 10.0 Å². The molecule has 2 N–H and O–H groups in total. The van der Waals surface area contributed by atoms with Crippen LogP contribution in [0.15, 0.2) is 50.9 Å². The Morgan fingerprint density at radius 1 is 1.05 bits per heavy atom. The second kappa shape index (κ2) is 4.96. The van der Waals surface area contributed by atoms with Crippen molar-refractivity contribution in [2.45, 2.75) is 10.1 Å². The number of anilines is 1. The predicted octanol–water partition coefficient (Wildman–Crippen LogP) is 4.87. The summed E-state index contributed by atoms with van der Waals surface area (Å²) in [7, 11) is 0. The molecule has 0 aliphatic heterocycles. The van der Waals surface area contributed by atoms with Gasteiger partial charge < -0.3 is 10.2 Å². The molecule has 19 heavy (non-hydrogen) atoms. The monoisotopic (exact) mass is 310 g/mol. The van der Waals surface area contributed by atoms with Gasteiger partial charge in [-0.2, -0.15) is 0 Å². The zero-order valence-electron chi connectivity index (χ0n) is 9.56. The third-order valence-electron chi connectivity index (χ3n) is 2.49. The second-order valence-electron chi connectivity index (χ2n) is 3.88. The molecule has 0 aliphatic rings. The molecule has 1 aromatic heterocycles. The zero-order valence-corrected chi connectivity index (χ0v) is 11.9. The summed E-state index contributed by atoms with van der Waals surface area (Å²) in [6.07, 6.45) is 0. The van der Waals surface area contributed by atoms with E-state index < -0.39 is 0 Å². The van der Waals surface area contributed by atoms with Gasteiger partial charge in [-0.25, -0.2) is 4.98 Å². The highest BCUT2D eigenvalue weighted by molar-refractivity contribution is 7.99. The highest BCUT2D eigenvalue weighted by atomic mass is 35.5. The SMILES string of the molecule is Nc1ccc2oc(Sc3ccc(Cl)c(Cl)c3)nc2c1. The van der Waals surface area contributed by atoms with Gasteiger partial charge in [-0.3, -0.25) is 0 Å². The summed E-state index contributed by atoms with van der Waals surface area (Å²) in [6, 6.07) is 10.7. The van der Waals surface area contributed by atoms with Crippen molar-refractivity contribution in [3.63, 3.8) is 0 Å². The molecular formula is C13H8Cl2N2OS. The Kier molecular flexibility index (Phi) is 3.31. The standard InChI is InChI=1S/C13H8Cl2N2OS/c14-9-3-2-8(6-10(9)15)19-13-17-11-5-7(16)1-4-12(11)18-13/h1-6H,16H2. The molecule has 0 spiro atoms. The fraction of sp³-hybridized carbons (Fsp3) is 0. The fourth-order valence-electron chi connectivity index (χ4n) is 1.61. The number of oxazole rings is 1. The lowest BCUT2D eigenvalue weighted by Gasteiger charge is -1.99.